The van der Waals surface area contributed by atoms with Gasteiger partial charge in [-0.15, -0.1) is 24.0 Å². The number of hydrogen-bond acceptors (Lipinski definition) is 3. The molecule has 2 heterocycles. The number of nitrogens with one attached hydrogen (secondary N) is 1. The van der Waals surface area contributed by atoms with E-state index in [1.807, 2.05) is 38.4 Å². The molecule has 1 aromatic carbocycles. The Bertz CT molecular complexity index is 742. The normalized spacial score (nSPS) is 14.7. The Hall–Kier alpha value is -1.54. The number of nitrogens with zero attached hydrogens (tertiary/aromatic N) is 4. The van der Waals surface area contributed by atoms with E-state index >= 15 is 0 Å². The van der Waals surface area contributed by atoms with E-state index in [1.54, 1.807) is 0 Å². The molecule has 1 aliphatic rings. The summed E-state index contributed by atoms with van der Waals surface area (Å²) in [6, 6.07) is 12.2. The van der Waals surface area contributed by atoms with Gasteiger partial charge in [0.15, 0.2) is 5.96 Å². The molecular formula is C20H27ClIN5. The molecule has 0 spiro atoms. The highest BCUT2D eigenvalue weighted by molar-refractivity contribution is 14.0. The van der Waals surface area contributed by atoms with Crippen molar-refractivity contribution in [3.8, 4) is 0 Å². The molecule has 7 heteroatoms. The summed E-state index contributed by atoms with van der Waals surface area (Å²) in [5.74, 6) is 0.962. The maximum atomic E-state index is 6.32. The SMILES string of the molecule is CN=C(NCCc1ccc(C)nc1)N1CCN(c2ccccc2Cl)CC1.I. The largest absolute Gasteiger partial charge is 0.367 e. The number of guanidine groups is 1. The van der Waals surface area contributed by atoms with Crippen LogP contribution < -0.4 is 10.2 Å². The van der Waals surface area contributed by atoms with Crippen LogP contribution in [-0.4, -0.2) is 55.6 Å². The average Bonchev–Trinajstić information content (AvgIpc) is 2.67. The smallest absolute Gasteiger partial charge is 0.193 e. The second-order valence-corrected chi connectivity index (χ2v) is 6.86. The molecule has 1 N–H and O–H groups in total. The highest BCUT2D eigenvalue weighted by Crippen LogP contribution is 2.25. The second-order valence-electron chi connectivity index (χ2n) is 6.46. The number of aromatic nitrogens is 1. The minimum atomic E-state index is 0. The first-order valence-electron chi connectivity index (χ1n) is 9.04. The fourth-order valence-corrected chi connectivity index (χ4v) is 3.42. The van der Waals surface area contributed by atoms with Crippen molar-refractivity contribution < 1.29 is 0 Å². The lowest BCUT2D eigenvalue weighted by atomic mass is 10.2. The fraction of sp³-hybridized carbons (Fsp3) is 0.400. The molecule has 146 valence electrons. The van der Waals surface area contributed by atoms with Crippen LogP contribution in [0.3, 0.4) is 0 Å². The van der Waals surface area contributed by atoms with Gasteiger partial charge in [0.05, 0.1) is 10.7 Å². The summed E-state index contributed by atoms with van der Waals surface area (Å²) >= 11 is 6.32. The van der Waals surface area contributed by atoms with Crippen LogP contribution in [0.2, 0.25) is 5.02 Å². The number of benzene rings is 1. The van der Waals surface area contributed by atoms with E-state index in [2.05, 4.69) is 43.3 Å². The molecule has 1 fully saturated rings. The second kappa shape index (κ2) is 10.7. The fourth-order valence-electron chi connectivity index (χ4n) is 3.16. The monoisotopic (exact) mass is 499 g/mol. The molecule has 0 unspecified atom stereocenters. The molecule has 0 radical (unpaired) electrons. The predicted octanol–water partition coefficient (Wildman–Crippen LogP) is 3.60. The van der Waals surface area contributed by atoms with Gasteiger partial charge in [-0.3, -0.25) is 9.98 Å². The van der Waals surface area contributed by atoms with Gasteiger partial charge < -0.3 is 15.1 Å². The van der Waals surface area contributed by atoms with Gasteiger partial charge in [0.2, 0.25) is 0 Å². The van der Waals surface area contributed by atoms with Crippen molar-refractivity contribution in [3.05, 3.63) is 58.9 Å². The molecule has 27 heavy (non-hydrogen) atoms. The van der Waals surface area contributed by atoms with E-state index in [0.29, 0.717) is 0 Å². The molecule has 0 aliphatic carbocycles. The third kappa shape index (κ3) is 5.97. The van der Waals surface area contributed by atoms with Crippen LogP contribution in [0.4, 0.5) is 5.69 Å². The number of rotatable bonds is 4. The zero-order valence-electron chi connectivity index (χ0n) is 15.9. The average molecular weight is 500 g/mol. The zero-order valence-corrected chi connectivity index (χ0v) is 18.9. The van der Waals surface area contributed by atoms with Gasteiger partial charge in [0.1, 0.15) is 0 Å². The Kier molecular flexibility index (Phi) is 8.63. The molecule has 1 aromatic heterocycles. The van der Waals surface area contributed by atoms with Crippen molar-refractivity contribution in [2.75, 3.05) is 44.7 Å². The first-order chi connectivity index (χ1) is 12.7. The van der Waals surface area contributed by atoms with Crippen molar-refractivity contribution in [2.24, 2.45) is 4.99 Å². The van der Waals surface area contributed by atoms with Crippen molar-refractivity contribution in [1.29, 1.82) is 0 Å². The van der Waals surface area contributed by atoms with Crippen LogP contribution in [0.25, 0.3) is 0 Å². The molecule has 1 aliphatic heterocycles. The highest BCUT2D eigenvalue weighted by Gasteiger charge is 2.20. The first-order valence-corrected chi connectivity index (χ1v) is 9.42. The topological polar surface area (TPSA) is 43.8 Å². The van der Waals surface area contributed by atoms with Gasteiger partial charge >= 0.3 is 0 Å². The predicted molar refractivity (Wildman–Crippen MR) is 125 cm³/mol. The molecule has 0 atom stereocenters. The highest BCUT2D eigenvalue weighted by atomic mass is 127. The van der Waals surface area contributed by atoms with E-state index in [1.165, 1.54) is 5.56 Å². The summed E-state index contributed by atoms with van der Waals surface area (Å²) in [5, 5.41) is 4.29. The third-order valence-electron chi connectivity index (χ3n) is 4.65. The third-order valence-corrected chi connectivity index (χ3v) is 4.97. The van der Waals surface area contributed by atoms with Crippen molar-refractivity contribution in [2.45, 2.75) is 13.3 Å². The van der Waals surface area contributed by atoms with E-state index < -0.39 is 0 Å². The lowest BCUT2D eigenvalue weighted by Gasteiger charge is -2.38. The molecule has 0 saturated carbocycles. The summed E-state index contributed by atoms with van der Waals surface area (Å²) < 4.78 is 0. The molecule has 0 bridgehead atoms. The molecule has 3 rings (SSSR count). The molecule has 1 saturated heterocycles. The summed E-state index contributed by atoms with van der Waals surface area (Å²) in [6.07, 6.45) is 2.88. The van der Waals surface area contributed by atoms with Gasteiger partial charge in [-0.05, 0) is 37.1 Å². The zero-order chi connectivity index (χ0) is 18.4. The van der Waals surface area contributed by atoms with Crippen LogP contribution in [0.1, 0.15) is 11.3 Å². The van der Waals surface area contributed by atoms with Crippen LogP contribution in [0.5, 0.6) is 0 Å². The quantitative estimate of drug-likeness (QED) is 0.397. The lowest BCUT2D eigenvalue weighted by Crippen LogP contribution is -2.52. The summed E-state index contributed by atoms with van der Waals surface area (Å²) in [7, 11) is 1.84. The van der Waals surface area contributed by atoms with Gasteiger partial charge in [-0.2, -0.15) is 0 Å². The van der Waals surface area contributed by atoms with E-state index in [9.17, 15) is 0 Å². The Labute approximate surface area is 183 Å². The number of pyridine rings is 1. The number of aryl methyl sites for hydroxylation is 1. The number of para-hydroxylation sites is 1. The Balaban J connectivity index is 0.00000261. The van der Waals surface area contributed by atoms with Gasteiger partial charge in [-0.25, -0.2) is 0 Å². The maximum absolute atomic E-state index is 6.32. The van der Waals surface area contributed by atoms with E-state index in [-0.39, 0.29) is 24.0 Å². The summed E-state index contributed by atoms with van der Waals surface area (Å²) in [5.41, 5.74) is 3.40. The number of aliphatic imine (C=N–C) groups is 1. The minimum absolute atomic E-state index is 0. The molecule has 2 aromatic rings. The van der Waals surface area contributed by atoms with Crippen molar-refractivity contribution in [1.82, 2.24) is 15.2 Å². The van der Waals surface area contributed by atoms with Crippen LogP contribution in [-0.2, 0) is 6.42 Å². The van der Waals surface area contributed by atoms with Crippen molar-refractivity contribution >= 4 is 47.2 Å². The Morgan fingerprint density at radius 1 is 1.15 bits per heavy atom. The van der Waals surface area contributed by atoms with Crippen molar-refractivity contribution in [3.63, 3.8) is 0 Å². The summed E-state index contributed by atoms with van der Waals surface area (Å²) in [4.78, 5) is 13.4. The number of anilines is 1. The minimum Gasteiger partial charge on any atom is -0.367 e. The lowest BCUT2D eigenvalue weighted by molar-refractivity contribution is 0.373. The first kappa shape index (κ1) is 21.8. The molecule has 5 nitrogen and oxygen atoms in total. The standard InChI is InChI=1S/C20H26ClN5.HI/c1-16-7-8-17(15-24-16)9-10-23-20(22-2)26-13-11-25(12-14-26)19-6-4-3-5-18(19)21;/h3-8,15H,9-14H2,1-2H3,(H,22,23);1H. The molecular weight excluding hydrogens is 473 g/mol. The number of hydrogen-bond donors (Lipinski definition) is 1. The van der Waals surface area contributed by atoms with Gasteiger partial charge in [0.25, 0.3) is 0 Å². The van der Waals surface area contributed by atoms with Crippen LogP contribution in [0, 0.1) is 6.92 Å². The van der Waals surface area contributed by atoms with Crippen LogP contribution >= 0.6 is 35.6 Å². The van der Waals surface area contributed by atoms with Gasteiger partial charge in [0, 0.05) is 51.7 Å². The summed E-state index contributed by atoms with van der Waals surface area (Å²) in [6.45, 7) is 6.58. The molecule has 0 amide bonds. The number of piperazine rings is 1. The maximum Gasteiger partial charge on any atom is 0.193 e. The van der Waals surface area contributed by atoms with E-state index in [0.717, 1.165) is 61.5 Å². The number of halogens is 2. The Morgan fingerprint density at radius 2 is 1.89 bits per heavy atom. The van der Waals surface area contributed by atoms with E-state index in [4.69, 9.17) is 11.6 Å². The van der Waals surface area contributed by atoms with Crippen LogP contribution in [0.15, 0.2) is 47.6 Å². The van der Waals surface area contributed by atoms with Gasteiger partial charge in [-0.1, -0.05) is 29.8 Å². The Morgan fingerprint density at radius 3 is 2.52 bits per heavy atom.